The first-order valence-corrected chi connectivity index (χ1v) is 7.05. The van der Waals surface area contributed by atoms with E-state index in [9.17, 15) is 22.8 Å². The number of alkyl halides is 3. The van der Waals surface area contributed by atoms with Gasteiger partial charge in [-0.05, 0) is 24.3 Å². The third kappa shape index (κ3) is 3.97. The summed E-state index contributed by atoms with van der Waals surface area (Å²) in [6.07, 6.45) is -3.81. The van der Waals surface area contributed by atoms with Crippen LogP contribution in [0.5, 0.6) is 0 Å². The van der Waals surface area contributed by atoms with Crippen LogP contribution in [-0.4, -0.2) is 30.2 Å². The summed E-state index contributed by atoms with van der Waals surface area (Å²) in [4.78, 5) is 27.4. The Bertz CT molecular complexity index is 882. The molecule has 0 aliphatic rings. The SMILES string of the molecule is COC(=O)c1cc(N)c(C=N)cc1NC(=O)c1cccc(C(F)(F)F)n1. The Morgan fingerprint density at radius 1 is 1.31 bits per heavy atom. The van der Waals surface area contributed by atoms with Crippen molar-refractivity contribution in [2.45, 2.75) is 6.18 Å². The lowest BCUT2D eigenvalue weighted by molar-refractivity contribution is -0.141. The molecule has 0 spiro atoms. The third-order valence-electron chi connectivity index (χ3n) is 3.30. The van der Waals surface area contributed by atoms with Crippen molar-refractivity contribution < 1.29 is 27.5 Å². The molecule has 0 saturated carbocycles. The molecule has 1 amide bonds. The van der Waals surface area contributed by atoms with Gasteiger partial charge in [-0.1, -0.05) is 6.07 Å². The minimum absolute atomic E-state index is 0.0752. The number of nitrogens with two attached hydrogens (primary N) is 1. The Morgan fingerprint density at radius 3 is 2.58 bits per heavy atom. The zero-order valence-electron chi connectivity index (χ0n) is 13.3. The van der Waals surface area contributed by atoms with Crippen molar-refractivity contribution >= 4 is 29.5 Å². The lowest BCUT2D eigenvalue weighted by atomic mass is 10.1. The highest BCUT2D eigenvalue weighted by Crippen LogP contribution is 2.28. The van der Waals surface area contributed by atoms with Crippen molar-refractivity contribution in [1.82, 2.24) is 4.98 Å². The number of esters is 1. The molecule has 0 aliphatic heterocycles. The second-order valence-corrected chi connectivity index (χ2v) is 5.02. The van der Waals surface area contributed by atoms with Crippen LogP contribution in [0.2, 0.25) is 0 Å². The maximum Gasteiger partial charge on any atom is 0.433 e. The predicted octanol–water partition coefficient (Wildman–Crippen LogP) is 2.72. The number of methoxy groups -OCH3 is 1. The van der Waals surface area contributed by atoms with Crippen LogP contribution in [0.3, 0.4) is 0 Å². The van der Waals surface area contributed by atoms with Gasteiger partial charge in [0.2, 0.25) is 0 Å². The predicted molar refractivity (Wildman–Crippen MR) is 87.3 cm³/mol. The average Bonchev–Trinajstić information content (AvgIpc) is 2.61. The van der Waals surface area contributed by atoms with Gasteiger partial charge in [0.05, 0.1) is 18.4 Å². The van der Waals surface area contributed by atoms with Crippen molar-refractivity contribution in [1.29, 1.82) is 5.41 Å². The van der Waals surface area contributed by atoms with Gasteiger partial charge in [-0.15, -0.1) is 0 Å². The molecule has 1 heterocycles. The van der Waals surface area contributed by atoms with Gasteiger partial charge in [0.25, 0.3) is 5.91 Å². The summed E-state index contributed by atoms with van der Waals surface area (Å²) in [7, 11) is 1.11. The number of carbonyl (C=O) groups is 2. The number of hydrogen-bond donors (Lipinski definition) is 3. The Hall–Kier alpha value is -3.43. The van der Waals surface area contributed by atoms with Crippen LogP contribution in [0, 0.1) is 5.41 Å². The molecule has 2 rings (SSSR count). The number of hydrogen-bond acceptors (Lipinski definition) is 6. The number of nitrogens with zero attached hydrogens (tertiary/aromatic N) is 1. The summed E-state index contributed by atoms with van der Waals surface area (Å²) < 4.78 is 42.8. The summed E-state index contributed by atoms with van der Waals surface area (Å²) in [6, 6.07) is 5.30. The van der Waals surface area contributed by atoms with Crippen molar-refractivity contribution in [3.63, 3.8) is 0 Å². The van der Waals surface area contributed by atoms with Gasteiger partial charge in [-0.2, -0.15) is 13.2 Å². The number of nitrogens with one attached hydrogen (secondary N) is 2. The smallest absolute Gasteiger partial charge is 0.433 e. The minimum atomic E-state index is -4.71. The number of rotatable bonds is 4. The van der Waals surface area contributed by atoms with Gasteiger partial charge in [-0.25, -0.2) is 9.78 Å². The molecule has 0 atom stereocenters. The van der Waals surface area contributed by atoms with E-state index in [1.54, 1.807) is 0 Å². The molecule has 4 N–H and O–H groups in total. The van der Waals surface area contributed by atoms with Crippen LogP contribution >= 0.6 is 0 Å². The molecule has 7 nitrogen and oxygen atoms in total. The number of amides is 1. The normalized spacial score (nSPS) is 10.9. The molecule has 0 radical (unpaired) electrons. The summed E-state index contributed by atoms with van der Waals surface area (Å²) in [5.74, 6) is -1.79. The third-order valence-corrected chi connectivity index (χ3v) is 3.30. The molecule has 0 fully saturated rings. The maximum absolute atomic E-state index is 12.7. The molecule has 0 saturated heterocycles. The van der Waals surface area contributed by atoms with Crippen molar-refractivity contribution in [3.05, 3.63) is 52.8 Å². The standard InChI is InChI=1S/C16H13F3N4O3/c1-26-15(25)9-6-10(21)8(7-20)5-12(9)23-14(24)11-3-2-4-13(22-11)16(17,18)19/h2-7,20H,21H2,1H3,(H,23,24). The molecule has 0 aliphatic carbocycles. The molecule has 2 aromatic rings. The first-order valence-electron chi connectivity index (χ1n) is 7.05. The van der Waals surface area contributed by atoms with E-state index in [0.29, 0.717) is 0 Å². The highest BCUT2D eigenvalue weighted by atomic mass is 19.4. The van der Waals surface area contributed by atoms with Crippen LogP contribution in [0.4, 0.5) is 24.5 Å². The molecule has 1 aromatic heterocycles. The zero-order valence-corrected chi connectivity index (χ0v) is 13.3. The van der Waals surface area contributed by atoms with Gasteiger partial charge >= 0.3 is 12.1 Å². The molecule has 10 heteroatoms. The number of ether oxygens (including phenoxy) is 1. The van der Waals surface area contributed by atoms with Crippen molar-refractivity contribution in [2.24, 2.45) is 0 Å². The number of carbonyl (C=O) groups excluding carboxylic acids is 2. The van der Waals surface area contributed by atoms with Gasteiger partial charge < -0.3 is 21.2 Å². The quantitative estimate of drug-likeness (QED) is 0.437. The fourth-order valence-electron chi connectivity index (χ4n) is 2.05. The number of halogens is 3. The summed E-state index contributed by atoms with van der Waals surface area (Å²) in [5, 5.41) is 9.57. The van der Waals surface area contributed by atoms with Crippen LogP contribution in [0.15, 0.2) is 30.3 Å². The van der Waals surface area contributed by atoms with Crippen LogP contribution in [0.1, 0.15) is 32.1 Å². The Morgan fingerprint density at radius 2 is 2.00 bits per heavy atom. The number of aromatic nitrogens is 1. The fourth-order valence-corrected chi connectivity index (χ4v) is 2.05. The molecular weight excluding hydrogens is 353 g/mol. The Balaban J connectivity index is 2.43. The Kier molecular flexibility index (Phi) is 5.24. The van der Waals surface area contributed by atoms with E-state index in [0.717, 1.165) is 31.5 Å². The summed E-state index contributed by atoms with van der Waals surface area (Å²) >= 11 is 0. The zero-order chi connectivity index (χ0) is 19.5. The second kappa shape index (κ2) is 7.21. The van der Waals surface area contributed by atoms with Crippen LogP contribution in [-0.2, 0) is 10.9 Å². The number of nitrogen functional groups attached to an aromatic ring is 1. The number of benzene rings is 1. The largest absolute Gasteiger partial charge is 0.465 e. The van der Waals surface area contributed by atoms with E-state index in [2.05, 4.69) is 15.0 Å². The van der Waals surface area contributed by atoms with E-state index < -0.39 is 29.4 Å². The van der Waals surface area contributed by atoms with Gasteiger partial charge in [0.1, 0.15) is 11.4 Å². The lowest BCUT2D eigenvalue weighted by Gasteiger charge is -2.13. The molecule has 1 aromatic carbocycles. The van der Waals surface area contributed by atoms with Gasteiger partial charge in [0, 0.05) is 17.5 Å². The van der Waals surface area contributed by atoms with E-state index in [4.69, 9.17) is 11.1 Å². The number of pyridine rings is 1. The van der Waals surface area contributed by atoms with Gasteiger partial charge in [-0.3, -0.25) is 4.79 Å². The first kappa shape index (κ1) is 18.9. The molecule has 0 unspecified atom stereocenters. The van der Waals surface area contributed by atoms with E-state index >= 15 is 0 Å². The summed E-state index contributed by atoms with van der Waals surface area (Å²) in [6.45, 7) is 0. The highest BCUT2D eigenvalue weighted by molar-refractivity contribution is 6.08. The summed E-state index contributed by atoms with van der Waals surface area (Å²) in [5.41, 5.74) is 4.07. The topological polar surface area (TPSA) is 118 Å². The number of anilines is 2. The monoisotopic (exact) mass is 366 g/mol. The lowest BCUT2D eigenvalue weighted by Crippen LogP contribution is -2.19. The molecule has 136 valence electrons. The molecule has 26 heavy (non-hydrogen) atoms. The van der Waals surface area contributed by atoms with E-state index in [1.807, 2.05) is 0 Å². The molecular formula is C16H13F3N4O3. The highest BCUT2D eigenvalue weighted by Gasteiger charge is 2.33. The first-order chi connectivity index (χ1) is 12.2. The van der Waals surface area contributed by atoms with E-state index in [1.165, 1.54) is 12.1 Å². The fraction of sp³-hybridized carbons (Fsp3) is 0.125. The minimum Gasteiger partial charge on any atom is -0.465 e. The van der Waals surface area contributed by atoms with Gasteiger partial charge in [0.15, 0.2) is 0 Å². The van der Waals surface area contributed by atoms with Crippen LogP contribution < -0.4 is 11.1 Å². The average molecular weight is 366 g/mol. The maximum atomic E-state index is 12.7. The Labute approximate surface area is 145 Å². The second-order valence-electron chi connectivity index (χ2n) is 5.02. The van der Waals surface area contributed by atoms with E-state index in [-0.39, 0.29) is 22.5 Å². The molecule has 0 bridgehead atoms. The van der Waals surface area contributed by atoms with Crippen molar-refractivity contribution in [3.8, 4) is 0 Å². The van der Waals surface area contributed by atoms with Crippen LogP contribution in [0.25, 0.3) is 0 Å². The van der Waals surface area contributed by atoms with Crippen molar-refractivity contribution in [2.75, 3.05) is 18.2 Å².